The number of fused-ring (bicyclic) bond motifs is 1. The van der Waals surface area contributed by atoms with E-state index >= 15 is 4.39 Å². The molecule has 9 heteroatoms. The highest BCUT2D eigenvalue weighted by atomic mass is 79.9. The van der Waals surface area contributed by atoms with Gasteiger partial charge in [-0.15, -0.1) is 0 Å². The predicted octanol–water partition coefficient (Wildman–Crippen LogP) is 8.37. The summed E-state index contributed by atoms with van der Waals surface area (Å²) in [6, 6.07) is 15.0. The Labute approximate surface area is 256 Å². The number of hydrogen-bond acceptors (Lipinski definition) is 5. The largest absolute Gasteiger partial charge is 0.393 e. The van der Waals surface area contributed by atoms with E-state index in [1.54, 1.807) is 42.5 Å². The summed E-state index contributed by atoms with van der Waals surface area (Å²) in [7, 11) is 0. The molecule has 5 rings (SSSR count). The van der Waals surface area contributed by atoms with E-state index in [1.165, 1.54) is 17.2 Å². The maximum atomic E-state index is 15.7. The smallest absolute Gasteiger partial charge is 0.257 e. The molecule has 1 aliphatic heterocycles. The summed E-state index contributed by atoms with van der Waals surface area (Å²) in [6.07, 6.45) is 2.00. The van der Waals surface area contributed by atoms with Gasteiger partial charge in [-0.3, -0.25) is 14.7 Å². The van der Waals surface area contributed by atoms with Crippen molar-refractivity contribution in [1.82, 2.24) is 9.88 Å². The number of aliphatic hydroxyl groups excluding tert-OH is 1. The van der Waals surface area contributed by atoms with Gasteiger partial charge in [-0.1, -0.05) is 81.2 Å². The zero-order chi connectivity index (χ0) is 30.7. The minimum Gasteiger partial charge on any atom is -0.393 e. The molecule has 0 radical (unpaired) electrons. The highest BCUT2D eigenvalue weighted by Crippen LogP contribution is 2.50. The highest BCUT2D eigenvalue weighted by Gasteiger charge is 2.55. The lowest BCUT2D eigenvalue weighted by atomic mass is 9.92. The second-order valence-electron chi connectivity index (χ2n) is 8.71. The number of benzene rings is 2. The van der Waals surface area contributed by atoms with Crippen molar-refractivity contribution >= 4 is 33.4 Å². The average Bonchev–Trinajstić information content (AvgIpc) is 3.51. The van der Waals surface area contributed by atoms with Gasteiger partial charge in [0.25, 0.3) is 5.91 Å². The summed E-state index contributed by atoms with van der Waals surface area (Å²) in [5, 5.41) is 19.8. The maximum absolute atomic E-state index is 15.7. The molecule has 1 N–H and O–H groups in total. The number of nitrogens with zero attached hydrogens (tertiary/aromatic N) is 3. The van der Waals surface area contributed by atoms with Gasteiger partial charge < -0.3 is 9.84 Å². The van der Waals surface area contributed by atoms with Crippen molar-refractivity contribution in [3.63, 3.8) is 0 Å². The van der Waals surface area contributed by atoms with Crippen LogP contribution in [-0.2, 0) is 17.0 Å². The molecule has 1 aromatic heterocycles. The SMILES string of the molecule is CC.CC.CC.N#Cc1ccc(CN2C(=O)c3cc(Br)cc(F)c3C2(OC2CCC(O)C2)c2ccc(Cl)cc2)nc1. The number of aromatic nitrogens is 1. The minimum absolute atomic E-state index is 0.00812. The van der Waals surface area contributed by atoms with Crippen LogP contribution in [-0.4, -0.2) is 33.1 Å². The Morgan fingerprint density at radius 1 is 1.12 bits per heavy atom. The van der Waals surface area contributed by atoms with Crippen LogP contribution >= 0.6 is 27.5 Å². The number of pyridine rings is 1. The zero-order valence-electron chi connectivity index (χ0n) is 24.4. The van der Waals surface area contributed by atoms with Gasteiger partial charge in [0.05, 0.1) is 41.1 Å². The summed E-state index contributed by atoms with van der Waals surface area (Å²) in [4.78, 5) is 19.6. The Bertz CT molecular complexity index is 1330. The van der Waals surface area contributed by atoms with Crippen LogP contribution in [0.25, 0.3) is 0 Å². The molecule has 41 heavy (non-hydrogen) atoms. The lowest BCUT2D eigenvalue weighted by Gasteiger charge is -2.41. The van der Waals surface area contributed by atoms with E-state index in [1.807, 2.05) is 47.6 Å². The van der Waals surface area contributed by atoms with Crippen molar-refractivity contribution in [2.45, 2.75) is 85.3 Å². The molecule has 3 aromatic rings. The van der Waals surface area contributed by atoms with Crippen LogP contribution in [0.5, 0.6) is 0 Å². The molecular weight excluding hydrogens is 609 g/mol. The Balaban J connectivity index is 0.000000921. The minimum atomic E-state index is -1.61. The molecule has 3 atom stereocenters. The van der Waals surface area contributed by atoms with E-state index in [0.717, 1.165) is 0 Å². The number of amides is 1. The molecule has 1 fully saturated rings. The molecule has 2 aromatic carbocycles. The molecule has 0 saturated heterocycles. The fraction of sp³-hybridized carbons (Fsp3) is 0.406. The zero-order valence-corrected chi connectivity index (χ0v) is 26.8. The standard InChI is InChI=1S/C26H20BrClFN3O3.3C2H6/c27-17-9-22-24(23(29)10-17)26(16-2-4-18(28)5-3-16,35-21-8-7-20(33)11-21)32(25(22)34)14-19-6-1-15(12-30)13-31-19;3*1-2/h1-6,9-10,13,20-21,33H,7-8,11,14H2;3*1-2H3. The van der Waals surface area contributed by atoms with Gasteiger partial charge >= 0.3 is 0 Å². The third-order valence-corrected chi connectivity index (χ3v) is 7.16. The van der Waals surface area contributed by atoms with Crippen LogP contribution in [0.1, 0.15) is 93.5 Å². The van der Waals surface area contributed by atoms with Gasteiger partial charge in [0, 0.05) is 21.3 Å². The third-order valence-electron chi connectivity index (χ3n) is 6.45. The van der Waals surface area contributed by atoms with E-state index in [4.69, 9.17) is 21.6 Å². The van der Waals surface area contributed by atoms with E-state index in [0.29, 0.717) is 45.6 Å². The van der Waals surface area contributed by atoms with E-state index in [2.05, 4.69) is 20.9 Å². The van der Waals surface area contributed by atoms with Crippen molar-refractivity contribution in [3.05, 3.63) is 98.0 Å². The highest BCUT2D eigenvalue weighted by molar-refractivity contribution is 9.10. The first-order valence-corrected chi connectivity index (χ1v) is 15.3. The number of ether oxygens (including phenoxy) is 1. The van der Waals surface area contributed by atoms with Crippen LogP contribution in [0, 0.1) is 17.1 Å². The lowest BCUT2D eigenvalue weighted by Crippen LogP contribution is -2.48. The molecule has 0 spiro atoms. The Hall–Kier alpha value is -2.83. The molecule has 1 amide bonds. The van der Waals surface area contributed by atoms with E-state index < -0.39 is 29.7 Å². The Kier molecular flexibility index (Phi) is 13.4. The number of carbonyl (C=O) groups is 1. The van der Waals surface area contributed by atoms with Crippen LogP contribution < -0.4 is 0 Å². The van der Waals surface area contributed by atoms with Crippen molar-refractivity contribution in [1.29, 1.82) is 5.26 Å². The number of aliphatic hydroxyl groups is 1. The normalized spacial score (nSPS) is 20.4. The van der Waals surface area contributed by atoms with Crippen LogP contribution in [0.2, 0.25) is 5.02 Å². The molecule has 0 bridgehead atoms. The molecule has 2 heterocycles. The topological polar surface area (TPSA) is 86.5 Å². The quantitative estimate of drug-likeness (QED) is 0.301. The first kappa shape index (κ1) is 34.4. The van der Waals surface area contributed by atoms with Crippen LogP contribution in [0.4, 0.5) is 4.39 Å². The summed E-state index contributed by atoms with van der Waals surface area (Å²) in [5.41, 5.74) is 0.122. The first-order valence-electron chi connectivity index (χ1n) is 14.1. The fourth-order valence-corrected chi connectivity index (χ4v) is 5.43. The summed E-state index contributed by atoms with van der Waals surface area (Å²) in [5.74, 6) is -1.01. The summed E-state index contributed by atoms with van der Waals surface area (Å²) >= 11 is 9.46. The monoisotopic (exact) mass is 645 g/mol. The van der Waals surface area contributed by atoms with Crippen molar-refractivity contribution in [2.75, 3.05) is 0 Å². The number of halogens is 3. The van der Waals surface area contributed by atoms with Crippen molar-refractivity contribution < 1.29 is 19.0 Å². The van der Waals surface area contributed by atoms with Gasteiger partial charge in [-0.2, -0.15) is 5.26 Å². The average molecular weight is 647 g/mol. The van der Waals surface area contributed by atoms with Gasteiger partial charge in [0.1, 0.15) is 11.9 Å². The third kappa shape index (κ3) is 7.34. The number of nitriles is 1. The summed E-state index contributed by atoms with van der Waals surface area (Å²) < 4.78 is 22.8. The van der Waals surface area contributed by atoms with Gasteiger partial charge in [-0.25, -0.2) is 4.39 Å². The molecular formula is C32H38BrClFN3O3. The van der Waals surface area contributed by atoms with Gasteiger partial charge in [0.2, 0.25) is 5.72 Å². The van der Waals surface area contributed by atoms with Gasteiger partial charge in [0.15, 0.2) is 0 Å². The van der Waals surface area contributed by atoms with Crippen LogP contribution in [0.3, 0.4) is 0 Å². The van der Waals surface area contributed by atoms with Crippen molar-refractivity contribution in [2.24, 2.45) is 0 Å². The number of carbonyl (C=O) groups excluding carboxylic acids is 1. The second kappa shape index (κ2) is 16.0. The summed E-state index contributed by atoms with van der Waals surface area (Å²) in [6.45, 7) is 12.0. The molecule has 1 aliphatic carbocycles. The van der Waals surface area contributed by atoms with Gasteiger partial charge in [-0.05, 0) is 55.7 Å². The molecule has 6 nitrogen and oxygen atoms in total. The molecule has 3 unspecified atom stereocenters. The number of hydrogen-bond donors (Lipinski definition) is 1. The van der Waals surface area contributed by atoms with Crippen molar-refractivity contribution in [3.8, 4) is 6.07 Å². The van der Waals surface area contributed by atoms with Crippen LogP contribution in [0.15, 0.2) is 59.2 Å². The molecule has 220 valence electrons. The molecule has 1 saturated carbocycles. The van der Waals surface area contributed by atoms with E-state index in [9.17, 15) is 9.90 Å². The Morgan fingerprint density at radius 3 is 2.32 bits per heavy atom. The number of rotatable bonds is 5. The second-order valence-corrected chi connectivity index (χ2v) is 10.1. The predicted molar refractivity (Wildman–Crippen MR) is 164 cm³/mol. The fourth-order valence-electron chi connectivity index (χ4n) is 4.87. The van der Waals surface area contributed by atoms with E-state index in [-0.39, 0.29) is 17.7 Å². The molecule has 2 aliphatic rings. The Morgan fingerprint density at radius 2 is 1.78 bits per heavy atom. The first-order chi connectivity index (χ1) is 19.8. The lowest BCUT2D eigenvalue weighted by molar-refractivity contribution is -0.149. The maximum Gasteiger partial charge on any atom is 0.257 e.